The Morgan fingerprint density at radius 2 is 1.79 bits per heavy atom. The zero-order chi connectivity index (χ0) is 24.0. The molecule has 1 saturated heterocycles. The van der Waals surface area contributed by atoms with Gasteiger partial charge in [0.25, 0.3) is 11.5 Å². The Morgan fingerprint density at radius 3 is 2.50 bits per heavy atom. The van der Waals surface area contributed by atoms with Crippen LogP contribution in [-0.2, 0) is 11.8 Å². The summed E-state index contributed by atoms with van der Waals surface area (Å²) in [6, 6.07) is 15.1. The van der Waals surface area contributed by atoms with Crippen LogP contribution in [-0.4, -0.2) is 25.4 Å². The van der Waals surface area contributed by atoms with Gasteiger partial charge in [0, 0.05) is 18.1 Å². The fraction of sp³-hybridized carbons (Fsp3) is 0.0833. The number of thiocarbonyl (C=S) groups is 1. The van der Waals surface area contributed by atoms with Crippen molar-refractivity contribution in [2.24, 2.45) is 7.05 Å². The van der Waals surface area contributed by atoms with E-state index in [-0.39, 0.29) is 28.1 Å². The van der Waals surface area contributed by atoms with Crippen LogP contribution < -0.4 is 15.8 Å². The molecule has 1 fully saturated rings. The topological polar surface area (TPSA) is 72.2 Å². The van der Waals surface area contributed by atoms with E-state index in [9.17, 15) is 14.0 Å². The van der Waals surface area contributed by atoms with Crippen molar-refractivity contribution in [3.8, 4) is 16.9 Å². The van der Waals surface area contributed by atoms with Crippen molar-refractivity contribution in [1.29, 1.82) is 0 Å². The average molecular weight is 492 g/mol. The van der Waals surface area contributed by atoms with Crippen LogP contribution in [0.15, 0.2) is 70.5 Å². The van der Waals surface area contributed by atoms with Crippen molar-refractivity contribution in [3.63, 3.8) is 0 Å². The first-order valence-corrected chi connectivity index (χ1v) is 11.6. The molecule has 0 saturated carbocycles. The van der Waals surface area contributed by atoms with Crippen molar-refractivity contribution >= 4 is 45.8 Å². The maximum absolute atomic E-state index is 13.3. The first-order chi connectivity index (χ1) is 16.3. The maximum Gasteiger partial charge on any atom is 0.282 e. The van der Waals surface area contributed by atoms with Gasteiger partial charge in [-0.3, -0.25) is 14.3 Å². The van der Waals surface area contributed by atoms with E-state index in [1.165, 1.54) is 28.4 Å². The van der Waals surface area contributed by atoms with Gasteiger partial charge in [0.15, 0.2) is 10.2 Å². The number of carbonyl (C=O) groups is 1. The van der Waals surface area contributed by atoms with Gasteiger partial charge >= 0.3 is 0 Å². The number of aromatic nitrogens is 3. The maximum atomic E-state index is 13.3. The van der Waals surface area contributed by atoms with Crippen LogP contribution in [0.5, 0.6) is 0 Å². The Hall–Kier alpha value is -3.89. The van der Waals surface area contributed by atoms with E-state index < -0.39 is 0 Å². The van der Waals surface area contributed by atoms with Gasteiger partial charge in [-0.05, 0) is 55.0 Å². The number of hydrogen-bond donors (Lipinski definition) is 1. The molecule has 1 aliphatic rings. The van der Waals surface area contributed by atoms with Crippen LogP contribution >= 0.6 is 23.6 Å². The molecule has 2 aromatic carbocycles. The second-order valence-corrected chi connectivity index (χ2v) is 8.86. The molecule has 1 aliphatic heterocycles. The van der Waals surface area contributed by atoms with Gasteiger partial charge in [-0.15, -0.1) is 11.3 Å². The van der Waals surface area contributed by atoms with Gasteiger partial charge in [-0.2, -0.15) is 0 Å². The highest BCUT2D eigenvalue weighted by molar-refractivity contribution is 7.80. The molecule has 0 spiro atoms. The molecule has 7 nitrogen and oxygen atoms in total. The summed E-state index contributed by atoms with van der Waals surface area (Å²) in [5, 5.41) is 5.18. The Kier molecular flexibility index (Phi) is 5.46. The molecule has 3 heterocycles. The number of amides is 1. The Labute approximate surface area is 203 Å². The molecule has 34 heavy (non-hydrogen) atoms. The highest BCUT2D eigenvalue weighted by Crippen LogP contribution is 2.31. The van der Waals surface area contributed by atoms with Gasteiger partial charge in [-0.25, -0.2) is 19.0 Å². The largest absolute Gasteiger partial charge is 0.327 e. The normalized spacial score (nSPS) is 14.8. The Bertz CT molecular complexity index is 1520. The van der Waals surface area contributed by atoms with E-state index in [1.807, 2.05) is 44.3 Å². The fourth-order valence-corrected chi connectivity index (χ4v) is 4.93. The van der Waals surface area contributed by atoms with Crippen molar-refractivity contribution in [2.75, 3.05) is 4.90 Å². The molecule has 0 aliphatic carbocycles. The molecule has 1 amide bonds. The van der Waals surface area contributed by atoms with Crippen LogP contribution in [0.1, 0.15) is 11.3 Å². The van der Waals surface area contributed by atoms with Crippen LogP contribution in [0.3, 0.4) is 0 Å². The number of anilines is 1. The number of benzene rings is 2. The van der Waals surface area contributed by atoms with Crippen molar-refractivity contribution < 1.29 is 9.18 Å². The summed E-state index contributed by atoms with van der Waals surface area (Å²) in [6.07, 6.45) is 1.60. The van der Waals surface area contributed by atoms with Crippen molar-refractivity contribution in [2.45, 2.75) is 6.92 Å². The van der Waals surface area contributed by atoms with E-state index >= 15 is 0 Å². The number of nitrogens with one attached hydrogen (secondary N) is 1. The number of para-hydroxylation sites is 1. The summed E-state index contributed by atoms with van der Waals surface area (Å²) in [5.41, 5.74) is 3.14. The van der Waals surface area contributed by atoms with Gasteiger partial charge in [-0.1, -0.05) is 30.3 Å². The molecule has 4 aromatic rings. The highest BCUT2D eigenvalue weighted by Gasteiger charge is 2.34. The summed E-state index contributed by atoms with van der Waals surface area (Å²) >= 11 is 6.59. The molecular weight excluding hydrogens is 473 g/mol. The second-order valence-electron chi connectivity index (χ2n) is 7.63. The van der Waals surface area contributed by atoms with Gasteiger partial charge in [0.05, 0.1) is 16.9 Å². The molecule has 5 rings (SSSR count). The first-order valence-electron chi connectivity index (χ1n) is 10.3. The molecular formula is C24H18FN5O2S2. The minimum Gasteiger partial charge on any atom is -0.327 e. The second kappa shape index (κ2) is 8.47. The number of halogens is 1. The van der Waals surface area contributed by atoms with E-state index in [0.29, 0.717) is 22.0 Å². The summed E-state index contributed by atoms with van der Waals surface area (Å²) < 4.78 is 16.5. The lowest BCUT2D eigenvalue weighted by Gasteiger charge is -2.08. The third kappa shape index (κ3) is 3.66. The monoisotopic (exact) mass is 491 g/mol. The molecule has 10 heteroatoms. The molecule has 1 N–H and O–H groups in total. The van der Waals surface area contributed by atoms with Crippen LogP contribution in [0.25, 0.3) is 23.0 Å². The third-order valence-corrected chi connectivity index (χ3v) is 6.66. The fourth-order valence-electron chi connectivity index (χ4n) is 3.78. The minimum atomic E-state index is -0.373. The molecule has 0 bridgehead atoms. The predicted molar refractivity (Wildman–Crippen MR) is 134 cm³/mol. The van der Waals surface area contributed by atoms with Crippen molar-refractivity contribution in [1.82, 2.24) is 19.7 Å². The van der Waals surface area contributed by atoms with Crippen LogP contribution in [0.4, 0.5) is 9.52 Å². The lowest BCUT2D eigenvalue weighted by Crippen LogP contribution is -2.30. The summed E-state index contributed by atoms with van der Waals surface area (Å²) in [7, 11) is 1.82. The predicted octanol–water partition coefficient (Wildman–Crippen LogP) is 4.01. The van der Waals surface area contributed by atoms with E-state index in [0.717, 1.165) is 11.4 Å². The summed E-state index contributed by atoms with van der Waals surface area (Å²) in [4.78, 5) is 32.2. The zero-order valence-electron chi connectivity index (χ0n) is 18.2. The summed E-state index contributed by atoms with van der Waals surface area (Å²) in [6.45, 7) is 1.85. The number of carbonyl (C=O) groups excluding carboxylic acids is 1. The SMILES string of the molecule is Cc1c(-c2csc(N3C(=O)/C(=C\c4ccc(F)cc4)NC3=S)n2)c(=O)n(-c2ccccc2)n1C. The summed E-state index contributed by atoms with van der Waals surface area (Å²) in [5.74, 6) is -0.732. The Morgan fingerprint density at radius 1 is 1.09 bits per heavy atom. The van der Waals surface area contributed by atoms with Crippen LogP contribution in [0, 0.1) is 12.7 Å². The Balaban J connectivity index is 1.49. The lowest BCUT2D eigenvalue weighted by molar-refractivity contribution is -0.113. The van der Waals surface area contributed by atoms with E-state index in [2.05, 4.69) is 10.3 Å². The van der Waals surface area contributed by atoms with Crippen molar-refractivity contribution in [3.05, 3.63) is 93.1 Å². The van der Waals surface area contributed by atoms with E-state index in [1.54, 1.807) is 33.0 Å². The quantitative estimate of drug-likeness (QED) is 0.345. The smallest absolute Gasteiger partial charge is 0.282 e. The number of rotatable bonds is 4. The molecule has 170 valence electrons. The molecule has 0 atom stereocenters. The molecule has 0 unspecified atom stereocenters. The van der Waals surface area contributed by atoms with E-state index in [4.69, 9.17) is 12.2 Å². The van der Waals surface area contributed by atoms with Gasteiger partial charge < -0.3 is 5.32 Å². The molecule has 0 radical (unpaired) electrons. The molecule has 2 aromatic heterocycles. The third-order valence-electron chi connectivity index (χ3n) is 5.55. The highest BCUT2D eigenvalue weighted by atomic mass is 32.1. The lowest BCUT2D eigenvalue weighted by atomic mass is 10.2. The number of nitrogens with zero attached hydrogens (tertiary/aromatic N) is 4. The minimum absolute atomic E-state index is 0.186. The van der Waals surface area contributed by atoms with Gasteiger partial charge in [0.2, 0.25) is 0 Å². The van der Waals surface area contributed by atoms with Gasteiger partial charge in [0.1, 0.15) is 11.5 Å². The number of thiazole rings is 1. The average Bonchev–Trinajstić information content (AvgIpc) is 3.46. The van der Waals surface area contributed by atoms with Crippen LogP contribution in [0.2, 0.25) is 0 Å². The first kappa shape index (κ1) is 21.9. The number of hydrogen-bond acceptors (Lipinski definition) is 5. The standard InChI is InChI=1S/C24H18FN5O2S2/c1-14-20(22(32)30(28(14)2)17-6-4-3-5-7-17)19-13-34-24(27-19)29-21(31)18(26-23(29)33)12-15-8-10-16(25)11-9-15/h3-13H,1-2H3,(H,26,33)/b18-12+. The zero-order valence-corrected chi connectivity index (χ0v) is 19.8.